The van der Waals surface area contributed by atoms with Crippen LogP contribution in [0.3, 0.4) is 0 Å². The maximum atomic E-state index is 13.7. The Labute approximate surface area is 248 Å². The molecular weight excluding hydrogens is 642 g/mol. The number of carbonyl (C=O) groups is 1. The first-order valence-corrected chi connectivity index (χ1v) is 14.3. The molecule has 0 unspecified atom stereocenters. The third-order valence-corrected chi connectivity index (χ3v) is 7.44. The number of hydrogen-bond acceptors (Lipinski definition) is 6. The van der Waals surface area contributed by atoms with Gasteiger partial charge in [0.1, 0.15) is 11.5 Å². The summed E-state index contributed by atoms with van der Waals surface area (Å²) in [5.41, 5.74) is 3.61. The Morgan fingerprint density at radius 3 is 2.42 bits per heavy atom. The average Bonchev–Trinajstić information content (AvgIpc) is 2.90. The molecule has 208 valence electrons. The summed E-state index contributed by atoms with van der Waals surface area (Å²) in [4.78, 5) is 29.8. The average molecular weight is 671 g/mol. The Morgan fingerprint density at radius 1 is 1.12 bits per heavy atom. The number of nitrogens with zero attached hydrogens (tertiary/aromatic N) is 3. The highest BCUT2D eigenvalue weighted by Crippen LogP contribution is 2.36. The minimum absolute atomic E-state index is 0.185. The van der Waals surface area contributed by atoms with Crippen molar-refractivity contribution in [3.8, 4) is 22.9 Å². The number of para-hydroxylation sites is 1. The fraction of sp³-hybridized carbons (Fsp3) is 0.267. The van der Waals surface area contributed by atoms with Crippen molar-refractivity contribution in [2.75, 3.05) is 6.61 Å². The third-order valence-electron chi connectivity index (χ3n) is 6.26. The molecule has 4 rings (SSSR count). The fourth-order valence-corrected chi connectivity index (χ4v) is 5.60. The maximum absolute atomic E-state index is 13.7. The van der Waals surface area contributed by atoms with Gasteiger partial charge in [-0.25, -0.2) is 9.78 Å². The number of fused-ring (bicyclic) bond motifs is 1. The molecule has 8 nitrogen and oxygen atoms in total. The van der Waals surface area contributed by atoms with E-state index in [9.17, 15) is 14.7 Å². The van der Waals surface area contributed by atoms with Gasteiger partial charge in [-0.05, 0) is 112 Å². The Hall–Kier alpha value is -3.50. The predicted octanol–water partition coefficient (Wildman–Crippen LogP) is 7.15. The highest BCUT2D eigenvalue weighted by Gasteiger charge is 2.20. The smallest absolute Gasteiger partial charge is 0.344 e. The number of hydrogen-bond donors (Lipinski definition) is 1. The number of benzene rings is 3. The standard InChI is InChI=1S/C30H29Br2N3O5/c1-6-39-26-11-17(4)22(14-21(26)16(2)3)28-34-25-10-8-7-9-20(25)29(36)35(28)33-15-19-12-23(31)27(24(32)13-19)40-18(5)30(37)38/h7-16,18H,6H2,1-5H3,(H,37,38)/t18-/m1/s1. The Balaban J connectivity index is 1.88. The highest BCUT2D eigenvalue weighted by molar-refractivity contribution is 9.11. The number of rotatable bonds is 9. The molecule has 1 heterocycles. The fourth-order valence-electron chi connectivity index (χ4n) is 4.19. The van der Waals surface area contributed by atoms with Crippen LogP contribution in [0.25, 0.3) is 22.3 Å². The normalized spacial score (nSPS) is 12.3. The van der Waals surface area contributed by atoms with Crippen LogP contribution in [0.5, 0.6) is 11.5 Å². The van der Waals surface area contributed by atoms with Crippen molar-refractivity contribution in [2.45, 2.75) is 46.6 Å². The van der Waals surface area contributed by atoms with Crippen LogP contribution in [0.4, 0.5) is 0 Å². The zero-order valence-electron chi connectivity index (χ0n) is 22.7. The summed E-state index contributed by atoms with van der Waals surface area (Å²) < 4.78 is 13.8. The largest absolute Gasteiger partial charge is 0.494 e. The summed E-state index contributed by atoms with van der Waals surface area (Å²) >= 11 is 6.90. The monoisotopic (exact) mass is 669 g/mol. The van der Waals surface area contributed by atoms with E-state index in [0.29, 0.717) is 43.6 Å². The molecule has 0 amide bonds. The van der Waals surface area contributed by atoms with Gasteiger partial charge in [-0.2, -0.15) is 9.78 Å². The quantitative estimate of drug-likeness (QED) is 0.190. The van der Waals surface area contributed by atoms with Gasteiger partial charge in [0.2, 0.25) is 0 Å². The summed E-state index contributed by atoms with van der Waals surface area (Å²) in [5.74, 6) is 0.681. The van der Waals surface area contributed by atoms with Crippen molar-refractivity contribution in [3.05, 3.63) is 84.5 Å². The summed E-state index contributed by atoms with van der Waals surface area (Å²) in [5, 5.41) is 14.2. The molecule has 10 heteroatoms. The number of carboxylic acid groups (broad SMARTS) is 1. The lowest BCUT2D eigenvalue weighted by atomic mass is 9.96. The molecule has 1 aromatic heterocycles. The maximum Gasteiger partial charge on any atom is 0.344 e. The molecule has 1 N–H and O–H groups in total. The van der Waals surface area contributed by atoms with Gasteiger partial charge in [0.25, 0.3) is 5.56 Å². The molecule has 0 spiro atoms. The number of carboxylic acids is 1. The van der Waals surface area contributed by atoms with Gasteiger partial charge >= 0.3 is 5.97 Å². The van der Waals surface area contributed by atoms with Crippen LogP contribution in [-0.2, 0) is 4.79 Å². The SMILES string of the molecule is CCOc1cc(C)c(-c2nc3ccccc3c(=O)n2N=Cc2cc(Br)c(O[C@H](C)C(=O)O)c(Br)c2)cc1C(C)C. The van der Waals surface area contributed by atoms with Crippen LogP contribution in [0.2, 0.25) is 0 Å². The van der Waals surface area contributed by atoms with Crippen molar-refractivity contribution in [1.29, 1.82) is 0 Å². The molecule has 4 aromatic rings. The molecule has 0 fully saturated rings. The lowest BCUT2D eigenvalue weighted by Gasteiger charge is -2.18. The van der Waals surface area contributed by atoms with Crippen molar-refractivity contribution in [2.24, 2.45) is 5.10 Å². The highest BCUT2D eigenvalue weighted by atomic mass is 79.9. The van der Waals surface area contributed by atoms with Crippen LogP contribution in [-0.4, -0.2) is 39.7 Å². The molecule has 1 atom stereocenters. The zero-order chi connectivity index (χ0) is 29.1. The van der Waals surface area contributed by atoms with Crippen molar-refractivity contribution in [3.63, 3.8) is 0 Å². The van der Waals surface area contributed by atoms with E-state index in [-0.39, 0.29) is 11.5 Å². The molecular formula is C30H29Br2N3O5. The topological polar surface area (TPSA) is 103 Å². The van der Waals surface area contributed by atoms with Gasteiger partial charge in [0, 0.05) is 5.56 Å². The van der Waals surface area contributed by atoms with E-state index in [1.54, 1.807) is 30.5 Å². The minimum Gasteiger partial charge on any atom is -0.494 e. The van der Waals surface area contributed by atoms with Gasteiger partial charge < -0.3 is 14.6 Å². The van der Waals surface area contributed by atoms with E-state index in [0.717, 1.165) is 22.4 Å². The van der Waals surface area contributed by atoms with Crippen LogP contribution < -0.4 is 15.0 Å². The molecule has 0 bridgehead atoms. The number of ether oxygens (including phenoxy) is 2. The van der Waals surface area contributed by atoms with E-state index in [2.05, 4.69) is 50.8 Å². The van der Waals surface area contributed by atoms with E-state index in [4.69, 9.17) is 14.5 Å². The molecule has 0 aliphatic carbocycles. The Kier molecular flexibility index (Phi) is 9.10. The number of aliphatic carboxylic acids is 1. The molecule has 0 saturated heterocycles. The predicted molar refractivity (Wildman–Crippen MR) is 164 cm³/mol. The van der Waals surface area contributed by atoms with Gasteiger partial charge in [0.15, 0.2) is 11.9 Å². The minimum atomic E-state index is -1.08. The van der Waals surface area contributed by atoms with Crippen LogP contribution in [0.1, 0.15) is 50.3 Å². The second-order valence-electron chi connectivity index (χ2n) is 9.52. The summed E-state index contributed by atoms with van der Waals surface area (Å²) in [7, 11) is 0. The van der Waals surface area contributed by atoms with Gasteiger partial charge in [-0.1, -0.05) is 26.0 Å². The number of aromatic nitrogens is 2. The molecule has 40 heavy (non-hydrogen) atoms. The number of aryl methyl sites for hydroxylation is 1. The summed E-state index contributed by atoms with van der Waals surface area (Å²) in [6.45, 7) is 10.1. The van der Waals surface area contributed by atoms with E-state index >= 15 is 0 Å². The molecule has 0 aliphatic heterocycles. The molecule has 0 radical (unpaired) electrons. The van der Waals surface area contributed by atoms with Crippen LogP contribution >= 0.6 is 31.9 Å². The van der Waals surface area contributed by atoms with E-state index in [1.807, 2.05) is 38.1 Å². The first-order valence-electron chi connectivity index (χ1n) is 12.7. The second-order valence-corrected chi connectivity index (χ2v) is 11.2. The van der Waals surface area contributed by atoms with E-state index in [1.165, 1.54) is 11.6 Å². The Morgan fingerprint density at radius 2 is 1.80 bits per heavy atom. The third kappa shape index (κ3) is 6.13. The van der Waals surface area contributed by atoms with Crippen molar-refractivity contribution in [1.82, 2.24) is 9.66 Å². The lowest BCUT2D eigenvalue weighted by Crippen LogP contribution is -2.23. The first-order chi connectivity index (χ1) is 19.0. The molecule has 0 saturated carbocycles. The van der Waals surface area contributed by atoms with Gasteiger partial charge in [-0.15, -0.1) is 0 Å². The first kappa shape index (κ1) is 29.5. The van der Waals surface area contributed by atoms with Crippen molar-refractivity contribution < 1.29 is 19.4 Å². The molecule has 3 aromatic carbocycles. The number of halogens is 2. The second kappa shape index (κ2) is 12.3. The van der Waals surface area contributed by atoms with Gasteiger partial charge in [-0.3, -0.25) is 4.79 Å². The summed E-state index contributed by atoms with van der Waals surface area (Å²) in [6, 6.07) is 14.7. The van der Waals surface area contributed by atoms with Crippen LogP contribution in [0, 0.1) is 6.92 Å². The van der Waals surface area contributed by atoms with Gasteiger partial charge in [0.05, 0.1) is 32.7 Å². The van der Waals surface area contributed by atoms with E-state index < -0.39 is 12.1 Å². The Bertz CT molecular complexity index is 1660. The molecule has 0 aliphatic rings. The van der Waals surface area contributed by atoms with Crippen molar-refractivity contribution >= 4 is 54.9 Å². The lowest BCUT2D eigenvalue weighted by molar-refractivity contribution is -0.144. The summed E-state index contributed by atoms with van der Waals surface area (Å²) in [6.07, 6.45) is 0.513. The van der Waals surface area contributed by atoms with Crippen LogP contribution in [0.15, 0.2) is 67.4 Å². The zero-order valence-corrected chi connectivity index (χ0v) is 25.9.